The Balaban J connectivity index is 0.795. The van der Waals surface area contributed by atoms with Crippen molar-refractivity contribution in [2.75, 3.05) is 9.80 Å². The van der Waals surface area contributed by atoms with Crippen LogP contribution in [-0.2, 0) is 0 Å². The van der Waals surface area contributed by atoms with Gasteiger partial charge < -0.3 is 27.8 Å². The summed E-state index contributed by atoms with van der Waals surface area (Å²) < 4.78 is 18.6. The molecule has 0 atom stereocenters. The van der Waals surface area contributed by atoms with Gasteiger partial charge in [-0.25, -0.2) is 0 Å². The average Bonchev–Trinajstić information content (AvgIpc) is 4.40. The Bertz CT molecular complexity index is 4880. The minimum Gasteiger partial charge on any atom is -0.455 e. The molecule has 0 saturated heterocycles. The summed E-state index contributed by atoms with van der Waals surface area (Å²) in [6.45, 7) is 0. The summed E-state index contributed by atoms with van der Waals surface area (Å²) in [5, 5.41) is 9.02. The number of hydrogen-bond donors (Lipinski definition) is 0. The van der Waals surface area contributed by atoms with Crippen LogP contribution in [0.2, 0.25) is 0 Å². The number of rotatable bonds is 9. The molecule has 0 saturated carbocycles. The first-order chi connectivity index (χ1) is 38.7. The van der Waals surface area contributed by atoms with Gasteiger partial charge in [-0.3, -0.25) is 0 Å². The molecule has 0 fully saturated rings. The highest BCUT2D eigenvalue weighted by Crippen LogP contribution is 2.45. The van der Waals surface area contributed by atoms with Gasteiger partial charge in [0.1, 0.15) is 22.3 Å². The van der Waals surface area contributed by atoms with Gasteiger partial charge >= 0.3 is 0 Å². The maximum absolute atomic E-state index is 6.90. The summed E-state index contributed by atoms with van der Waals surface area (Å²) in [5.41, 5.74) is 18.8. The fourth-order valence-electron chi connectivity index (χ4n) is 12.4. The number of nitrogens with zero attached hydrogens (tertiary/aromatic N) is 4. The smallest absolute Gasteiger partial charge is 0.143 e. The highest BCUT2D eigenvalue weighted by Gasteiger charge is 2.23. The van der Waals surface area contributed by atoms with Gasteiger partial charge in [-0.15, -0.1) is 0 Å². The van der Waals surface area contributed by atoms with E-state index in [1.165, 1.54) is 27.2 Å². The van der Waals surface area contributed by atoms with Crippen LogP contribution < -0.4 is 9.80 Å². The summed E-state index contributed by atoms with van der Waals surface area (Å²) in [5.74, 6) is 0. The molecule has 11 aromatic carbocycles. The molecule has 6 heteroatoms. The van der Waals surface area contributed by atoms with Gasteiger partial charge in [0.15, 0.2) is 0 Å². The molecule has 4 aromatic heterocycles. The molecule has 0 spiro atoms. The van der Waals surface area contributed by atoms with Crippen LogP contribution in [0.25, 0.3) is 110 Å². The molecule has 4 heterocycles. The van der Waals surface area contributed by atoms with Gasteiger partial charge in [-0.2, -0.15) is 0 Å². The zero-order chi connectivity index (χ0) is 51.3. The standard InChI is InChI=1S/C72H48N4O2/c1-5-19-47(20-6-1)73(48-21-7-2-8-22-48)51-35-39-67-61(43-51)55-27-13-15-33-65(55)75(67)53-37-41-69-63(45-53)59-31-17-29-57(71(59)77-69)58-30-18-32-60-64-46-54(38-42-70(64)78-72(58)60)76-66-34-16-14-28-56(66)62-44-52(36-40-68(62)76)74(49-23-9-3-10-24-49)50-25-11-4-12-26-50/h1-3,5-11,13-46H,4,12H2. The van der Waals surface area contributed by atoms with Gasteiger partial charge in [-0.1, -0.05) is 140 Å². The quantitative estimate of drug-likeness (QED) is 0.145. The van der Waals surface area contributed by atoms with Crippen LogP contribution in [0.15, 0.2) is 281 Å². The van der Waals surface area contributed by atoms with Crippen molar-refractivity contribution in [3.05, 3.63) is 273 Å². The Morgan fingerprint density at radius 3 is 1.23 bits per heavy atom. The van der Waals surface area contributed by atoms with Crippen molar-refractivity contribution < 1.29 is 8.83 Å². The predicted octanol–water partition coefficient (Wildman–Crippen LogP) is 20.2. The Morgan fingerprint density at radius 1 is 0.308 bits per heavy atom. The van der Waals surface area contributed by atoms with Gasteiger partial charge in [0.05, 0.1) is 22.1 Å². The fraction of sp³-hybridized carbons (Fsp3) is 0.0278. The lowest BCUT2D eigenvalue weighted by Crippen LogP contribution is -2.16. The number of benzene rings is 11. The fourth-order valence-corrected chi connectivity index (χ4v) is 12.4. The van der Waals surface area contributed by atoms with Gasteiger partial charge in [-0.05, 0) is 140 Å². The Morgan fingerprint density at radius 2 is 0.744 bits per heavy atom. The third-order valence-corrected chi connectivity index (χ3v) is 15.9. The second-order valence-corrected chi connectivity index (χ2v) is 20.3. The maximum atomic E-state index is 6.90. The van der Waals surface area contributed by atoms with E-state index in [0.29, 0.717) is 0 Å². The van der Waals surface area contributed by atoms with E-state index in [9.17, 15) is 0 Å². The van der Waals surface area contributed by atoms with Crippen molar-refractivity contribution in [1.29, 1.82) is 0 Å². The first-order valence-electron chi connectivity index (χ1n) is 26.8. The zero-order valence-electron chi connectivity index (χ0n) is 42.4. The van der Waals surface area contributed by atoms with Crippen LogP contribution in [0.1, 0.15) is 12.8 Å². The van der Waals surface area contributed by atoms with E-state index < -0.39 is 0 Å². The number of fused-ring (bicyclic) bond motifs is 12. The Labute approximate surface area is 449 Å². The third kappa shape index (κ3) is 6.90. The van der Waals surface area contributed by atoms with Crippen molar-refractivity contribution in [2.24, 2.45) is 0 Å². The van der Waals surface area contributed by atoms with Crippen molar-refractivity contribution in [3.8, 4) is 22.5 Å². The van der Waals surface area contributed by atoms with Crippen molar-refractivity contribution >= 4 is 116 Å². The minimum absolute atomic E-state index is 0.832. The van der Waals surface area contributed by atoms with Gasteiger partial charge in [0, 0.05) is 99.7 Å². The first-order valence-corrected chi connectivity index (χ1v) is 26.8. The Kier molecular flexibility index (Phi) is 9.97. The summed E-state index contributed by atoms with van der Waals surface area (Å²) >= 11 is 0. The molecule has 0 N–H and O–H groups in total. The van der Waals surface area contributed by atoms with Crippen LogP contribution in [0.3, 0.4) is 0 Å². The number of hydrogen-bond acceptors (Lipinski definition) is 4. The molecule has 78 heavy (non-hydrogen) atoms. The molecule has 1 aliphatic carbocycles. The maximum Gasteiger partial charge on any atom is 0.143 e. The van der Waals surface area contributed by atoms with Crippen LogP contribution in [0.5, 0.6) is 0 Å². The SMILES string of the molecule is C1=CC(N(c2ccccc2)c2ccc3c(c2)c2ccccc2n3-c2ccc3oc4c(-c5cccc6c5oc5ccc(-n7c8ccccc8c8cc(N(c9ccccc9)c9ccccc9)ccc87)cc56)cccc4c3c2)=CCC1. The van der Waals surface area contributed by atoms with Crippen molar-refractivity contribution in [3.63, 3.8) is 0 Å². The third-order valence-electron chi connectivity index (χ3n) is 15.9. The molecule has 6 nitrogen and oxygen atoms in total. The summed E-state index contributed by atoms with van der Waals surface area (Å²) in [7, 11) is 0. The van der Waals surface area contributed by atoms with E-state index in [2.05, 4.69) is 286 Å². The molecule has 15 aromatic rings. The second-order valence-electron chi connectivity index (χ2n) is 20.3. The summed E-state index contributed by atoms with van der Waals surface area (Å²) in [4.78, 5) is 4.70. The molecule has 368 valence electrons. The summed E-state index contributed by atoms with van der Waals surface area (Å²) in [6, 6.07) is 89.2. The number of allylic oxidation sites excluding steroid dienone is 3. The average molecular weight is 1000 g/mol. The number of aromatic nitrogens is 2. The Hall–Kier alpha value is -10.3. The molecule has 1 aliphatic rings. The van der Waals surface area contributed by atoms with E-state index in [4.69, 9.17) is 8.83 Å². The lowest BCUT2D eigenvalue weighted by atomic mass is 10.00. The van der Waals surface area contributed by atoms with E-state index in [1.807, 2.05) is 0 Å². The molecular weight excluding hydrogens is 953 g/mol. The van der Waals surface area contributed by atoms with Gasteiger partial charge in [0.2, 0.25) is 0 Å². The zero-order valence-corrected chi connectivity index (χ0v) is 42.4. The topological polar surface area (TPSA) is 42.6 Å². The van der Waals surface area contributed by atoms with E-state index in [-0.39, 0.29) is 0 Å². The van der Waals surface area contributed by atoms with Crippen LogP contribution >= 0.6 is 0 Å². The molecule has 16 rings (SSSR count). The van der Waals surface area contributed by atoms with E-state index >= 15 is 0 Å². The van der Waals surface area contributed by atoms with Crippen molar-refractivity contribution in [2.45, 2.75) is 12.8 Å². The highest BCUT2D eigenvalue weighted by molar-refractivity contribution is 6.17. The van der Waals surface area contributed by atoms with Gasteiger partial charge in [0.25, 0.3) is 0 Å². The van der Waals surface area contributed by atoms with Crippen LogP contribution in [0, 0.1) is 0 Å². The van der Waals surface area contributed by atoms with Crippen LogP contribution in [-0.4, -0.2) is 9.13 Å². The molecular formula is C72H48N4O2. The lowest BCUT2D eigenvalue weighted by Gasteiger charge is -2.27. The lowest BCUT2D eigenvalue weighted by molar-refractivity contribution is 0.665. The number of para-hydroxylation sites is 7. The molecule has 0 radical (unpaired) electrons. The monoisotopic (exact) mass is 1000 g/mol. The number of furan rings is 2. The van der Waals surface area contributed by atoms with Crippen LogP contribution in [0.4, 0.5) is 28.4 Å². The van der Waals surface area contributed by atoms with E-state index in [0.717, 1.165) is 130 Å². The molecule has 0 unspecified atom stereocenters. The van der Waals surface area contributed by atoms with Crippen molar-refractivity contribution in [1.82, 2.24) is 9.13 Å². The summed E-state index contributed by atoms with van der Waals surface area (Å²) in [6.07, 6.45) is 8.96. The normalized spacial score (nSPS) is 12.8. The van der Waals surface area contributed by atoms with E-state index in [1.54, 1.807) is 0 Å². The predicted molar refractivity (Wildman–Crippen MR) is 325 cm³/mol. The molecule has 0 aliphatic heterocycles. The molecule has 0 amide bonds. The second kappa shape index (κ2) is 17.7. The minimum atomic E-state index is 0.832. The molecule has 0 bridgehead atoms. The largest absolute Gasteiger partial charge is 0.455 e. The first kappa shape index (κ1) is 44.0. The number of anilines is 5. The highest BCUT2D eigenvalue weighted by atomic mass is 16.3.